The van der Waals surface area contributed by atoms with Crippen molar-refractivity contribution in [1.82, 2.24) is 9.97 Å². The van der Waals surface area contributed by atoms with E-state index in [9.17, 15) is 0 Å². The molecule has 4 rings (SSSR count). The maximum absolute atomic E-state index is 4.99. The SMILES string of the molecule is C/C=C\c1cc(Sc2cc(C3CCC3)c3c(C)c(CC)[nH]c3n2)ccc1C.C=C.C=C/C(=C\C=C/C)CC. The Morgan fingerprint density at radius 3 is 2.39 bits per heavy atom. The van der Waals surface area contributed by atoms with E-state index in [1.165, 1.54) is 63.1 Å². The molecule has 1 N–H and O–H groups in total. The summed E-state index contributed by atoms with van der Waals surface area (Å²) >= 11 is 1.78. The Bertz CT molecular complexity index is 1280. The Hall–Kier alpha value is -3.04. The van der Waals surface area contributed by atoms with E-state index in [0.29, 0.717) is 5.92 Å². The van der Waals surface area contributed by atoms with Crippen LogP contribution in [0, 0.1) is 13.8 Å². The molecular formula is C35H46N2S. The van der Waals surface area contributed by atoms with E-state index in [4.69, 9.17) is 4.98 Å². The van der Waals surface area contributed by atoms with Crippen molar-refractivity contribution in [1.29, 1.82) is 0 Å². The van der Waals surface area contributed by atoms with Crippen molar-refractivity contribution < 1.29 is 0 Å². The monoisotopic (exact) mass is 526 g/mol. The number of H-pyrrole nitrogens is 1. The second kappa shape index (κ2) is 16.0. The van der Waals surface area contributed by atoms with Crippen LogP contribution in [0.1, 0.15) is 87.2 Å². The van der Waals surface area contributed by atoms with Gasteiger partial charge in [0.25, 0.3) is 0 Å². The predicted octanol–water partition coefficient (Wildman–Crippen LogP) is 11.1. The minimum absolute atomic E-state index is 0.700. The van der Waals surface area contributed by atoms with Gasteiger partial charge >= 0.3 is 0 Å². The number of hydrogen-bond donors (Lipinski definition) is 1. The first-order valence-corrected chi connectivity index (χ1v) is 14.6. The molecule has 2 aromatic heterocycles. The number of pyridine rings is 1. The number of hydrogen-bond acceptors (Lipinski definition) is 2. The van der Waals surface area contributed by atoms with Crippen LogP contribution >= 0.6 is 11.8 Å². The van der Waals surface area contributed by atoms with Gasteiger partial charge in [-0.05, 0) is 105 Å². The maximum atomic E-state index is 4.99. The summed E-state index contributed by atoms with van der Waals surface area (Å²) in [5.41, 5.74) is 9.17. The Labute approximate surface area is 235 Å². The summed E-state index contributed by atoms with van der Waals surface area (Å²) in [6, 6.07) is 9.04. The average molecular weight is 527 g/mol. The van der Waals surface area contributed by atoms with Crippen LogP contribution in [0.4, 0.5) is 0 Å². The molecule has 1 aliphatic carbocycles. The lowest BCUT2D eigenvalue weighted by atomic mass is 9.79. The molecule has 38 heavy (non-hydrogen) atoms. The van der Waals surface area contributed by atoms with E-state index in [2.05, 4.69) is 102 Å². The number of fused-ring (bicyclic) bond motifs is 1. The standard InChI is InChI=1S/C24H28N2S.C9H14.C2H4/c1-5-8-18-13-19(12-11-15(18)3)27-22-14-20(17-9-7-10-17)23-16(4)21(6-2)25-24(23)26-22;1-4-7-8-9(5-2)6-3;1-2/h5,8,11-14,17H,6-7,9-10H2,1-4H3,(H,25,26);4-5,7-8H,2,6H2,1,3H3;1-2H2/b8-5-;7-4-,9-8+;. The van der Waals surface area contributed by atoms with Crippen LogP contribution in [-0.4, -0.2) is 9.97 Å². The van der Waals surface area contributed by atoms with Gasteiger partial charge in [-0.1, -0.05) is 81.1 Å². The summed E-state index contributed by atoms with van der Waals surface area (Å²) in [5.74, 6) is 0.700. The number of aromatic nitrogens is 2. The number of nitrogens with zero attached hydrogens (tertiary/aromatic N) is 1. The van der Waals surface area contributed by atoms with Gasteiger partial charge in [0.1, 0.15) is 10.7 Å². The van der Waals surface area contributed by atoms with Crippen LogP contribution in [-0.2, 0) is 6.42 Å². The fourth-order valence-corrected chi connectivity index (χ4v) is 5.46. The van der Waals surface area contributed by atoms with Crippen LogP contribution in [0.15, 0.2) is 89.9 Å². The normalized spacial score (nSPS) is 13.7. The maximum Gasteiger partial charge on any atom is 0.139 e. The lowest BCUT2D eigenvalue weighted by molar-refractivity contribution is 0.421. The zero-order valence-electron chi connectivity index (χ0n) is 24.4. The molecule has 0 spiro atoms. The molecule has 0 amide bonds. The van der Waals surface area contributed by atoms with Crippen molar-refractivity contribution in [2.45, 2.75) is 89.5 Å². The third-order valence-electron chi connectivity index (χ3n) is 7.01. The number of aryl methyl sites for hydroxylation is 3. The minimum atomic E-state index is 0.700. The van der Waals surface area contributed by atoms with Gasteiger partial charge < -0.3 is 4.98 Å². The molecule has 0 saturated heterocycles. The fraction of sp³-hybridized carbons (Fsp3) is 0.343. The molecule has 1 aliphatic rings. The van der Waals surface area contributed by atoms with E-state index < -0.39 is 0 Å². The van der Waals surface area contributed by atoms with Gasteiger partial charge in [0.2, 0.25) is 0 Å². The number of benzene rings is 1. The lowest BCUT2D eigenvalue weighted by Gasteiger charge is -2.27. The molecule has 1 aromatic carbocycles. The predicted molar refractivity (Wildman–Crippen MR) is 171 cm³/mol. The Morgan fingerprint density at radius 1 is 1.11 bits per heavy atom. The summed E-state index contributed by atoms with van der Waals surface area (Å²) < 4.78 is 0. The second-order valence-corrected chi connectivity index (χ2v) is 10.5. The van der Waals surface area contributed by atoms with E-state index >= 15 is 0 Å². The second-order valence-electron chi connectivity index (χ2n) is 9.43. The fourth-order valence-electron chi connectivity index (χ4n) is 4.57. The molecule has 2 heterocycles. The molecular weight excluding hydrogens is 480 g/mol. The van der Waals surface area contributed by atoms with Gasteiger partial charge in [-0.3, -0.25) is 0 Å². The van der Waals surface area contributed by atoms with Gasteiger partial charge in [0.15, 0.2) is 0 Å². The van der Waals surface area contributed by atoms with Crippen molar-refractivity contribution >= 4 is 28.9 Å². The van der Waals surface area contributed by atoms with Crippen LogP contribution in [0.3, 0.4) is 0 Å². The zero-order chi connectivity index (χ0) is 28.1. The van der Waals surface area contributed by atoms with Crippen LogP contribution in [0.5, 0.6) is 0 Å². The first kappa shape index (κ1) is 31.2. The third-order valence-corrected chi connectivity index (χ3v) is 7.92. The molecule has 3 heteroatoms. The smallest absolute Gasteiger partial charge is 0.139 e. The average Bonchev–Trinajstić information content (AvgIpc) is 3.23. The molecule has 0 aliphatic heterocycles. The highest BCUT2D eigenvalue weighted by Gasteiger charge is 2.25. The Morgan fingerprint density at radius 2 is 1.84 bits per heavy atom. The van der Waals surface area contributed by atoms with Crippen molar-refractivity contribution in [3.05, 3.63) is 108 Å². The molecule has 0 radical (unpaired) electrons. The van der Waals surface area contributed by atoms with Gasteiger partial charge in [0, 0.05) is 16.0 Å². The molecule has 2 nitrogen and oxygen atoms in total. The topological polar surface area (TPSA) is 28.7 Å². The van der Waals surface area contributed by atoms with E-state index in [1.54, 1.807) is 11.8 Å². The number of nitrogens with one attached hydrogen (secondary N) is 1. The van der Waals surface area contributed by atoms with Crippen molar-refractivity contribution in [2.24, 2.45) is 0 Å². The first-order chi connectivity index (χ1) is 18.4. The first-order valence-electron chi connectivity index (χ1n) is 13.8. The summed E-state index contributed by atoms with van der Waals surface area (Å²) in [6.45, 7) is 22.5. The highest BCUT2D eigenvalue weighted by Crippen LogP contribution is 2.43. The zero-order valence-corrected chi connectivity index (χ0v) is 25.2. The van der Waals surface area contributed by atoms with Crippen LogP contribution in [0.25, 0.3) is 17.1 Å². The van der Waals surface area contributed by atoms with E-state index in [0.717, 1.165) is 23.5 Å². The van der Waals surface area contributed by atoms with Crippen molar-refractivity contribution in [2.75, 3.05) is 0 Å². The number of rotatable bonds is 8. The summed E-state index contributed by atoms with van der Waals surface area (Å²) in [6.07, 6.45) is 18.4. The quantitative estimate of drug-likeness (QED) is 0.233. The summed E-state index contributed by atoms with van der Waals surface area (Å²) in [7, 11) is 0. The highest BCUT2D eigenvalue weighted by atomic mass is 32.2. The Balaban J connectivity index is 0.000000394. The number of aromatic amines is 1. The van der Waals surface area contributed by atoms with Crippen LogP contribution < -0.4 is 0 Å². The van der Waals surface area contributed by atoms with Gasteiger partial charge in [-0.25, -0.2) is 4.98 Å². The summed E-state index contributed by atoms with van der Waals surface area (Å²) in [5, 5.41) is 2.47. The van der Waals surface area contributed by atoms with Crippen molar-refractivity contribution in [3.8, 4) is 0 Å². The van der Waals surface area contributed by atoms with Gasteiger partial charge in [-0.2, -0.15) is 0 Å². The summed E-state index contributed by atoms with van der Waals surface area (Å²) in [4.78, 5) is 9.83. The van der Waals surface area contributed by atoms with Gasteiger partial charge in [-0.15, -0.1) is 13.2 Å². The van der Waals surface area contributed by atoms with Crippen LogP contribution in [0.2, 0.25) is 0 Å². The molecule has 0 unspecified atom stereocenters. The Kier molecular flexibility index (Phi) is 13.2. The largest absolute Gasteiger partial charge is 0.343 e. The highest BCUT2D eigenvalue weighted by molar-refractivity contribution is 7.99. The molecule has 3 aromatic rings. The molecule has 1 fully saturated rings. The van der Waals surface area contributed by atoms with E-state index in [1.807, 2.05) is 25.2 Å². The number of allylic oxidation sites excluding steroid dienone is 6. The molecule has 202 valence electrons. The molecule has 0 atom stereocenters. The molecule has 0 bridgehead atoms. The van der Waals surface area contributed by atoms with E-state index in [-0.39, 0.29) is 0 Å². The van der Waals surface area contributed by atoms with Gasteiger partial charge in [0.05, 0.1) is 0 Å². The van der Waals surface area contributed by atoms with Crippen molar-refractivity contribution in [3.63, 3.8) is 0 Å². The molecule has 1 saturated carbocycles. The minimum Gasteiger partial charge on any atom is -0.343 e. The lowest BCUT2D eigenvalue weighted by Crippen LogP contribution is -2.10. The third kappa shape index (κ3) is 7.98.